The van der Waals surface area contributed by atoms with E-state index in [9.17, 15) is 9.90 Å². The van der Waals surface area contributed by atoms with Crippen LogP contribution in [0.5, 0.6) is 0 Å². The Balaban J connectivity index is 2.05. The van der Waals surface area contributed by atoms with Gasteiger partial charge in [-0.05, 0) is 19.1 Å². The van der Waals surface area contributed by atoms with Crippen LogP contribution in [0.4, 0.5) is 0 Å². The van der Waals surface area contributed by atoms with E-state index >= 15 is 0 Å². The van der Waals surface area contributed by atoms with Crippen molar-refractivity contribution in [3.05, 3.63) is 42.1 Å². The Hall–Kier alpha value is -2.38. The lowest BCUT2D eigenvalue weighted by Gasteiger charge is -2.04. The van der Waals surface area contributed by atoms with E-state index in [1.807, 2.05) is 30.3 Å². The molecule has 0 radical (unpaired) electrons. The fourth-order valence-corrected chi connectivity index (χ4v) is 1.71. The average molecular weight is 269 g/mol. The van der Waals surface area contributed by atoms with Crippen molar-refractivity contribution in [2.45, 2.75) is 19.4 Å². The van der Waals surface area contributed by atoms with Crippen molar-refractivity contribution in [3.8, 4) is 11.8 Å². The number of aromatic nitrogens is 1. The third kappa shape index (κ3) is 3.56. The van der Waals surface area contributed by atoms with Crippen LogP contribution >= 0.6 is 0 Å². The van der Waals surface area contributed by atoms with Gasteiger partial charge >= 0.3 is 5.97 Å². The lowest BCUT2D eigenvalue weighted by Crippen LogP contribution is -2.22. The fraction of sp³-hybridized carbons (Fsp3) is 0.250. The standard InChI is InChI=1S/C16H15NO3/c1-2-20-16(19)15(18)9-5-6-12-10-13-7-3-4-8-14(13)17-11-12/h3-4,7-8,10-11,15,18H,2,9H2,1H3. The lowest BCUT2D eigenvalue weighted by atomic mass is 10.1. The number of pyridine rings is 1. The smallest absolute Gasteiger partial charge is 0.335 e. The minimum absolute atomic E-state index is 0.0473. The molecule has 1 aromatic heterocycles. The molecule has 0 amide bonds. The van der Waals surface area contributed by atoms with Crippen LogP contribution in [-0.2, 0) is 9.53 Å². The van der Waals surface area contributed by atoms with Gasteiger partial charge in [-0.15, -0.1) is 0 Å². The molecule has 1 aromatic carbocycles. The van der Waals surface area contributed by atoms with Crippen LogP contribution in [0.15, 0.2) is 36.5 Å². The number of rotatable bonds is 3. The number of esters is 1. The molecule has 0 fully saturated rings. The molecule has 4 heteroatoms. The first-order valence-electron chi connectivity index (χ1n) is 6.39. The third-order valence-corrected chi connectivity index (χ3v) is 2.68. The van der Waals surface area contributed by atoms with E-state index in [1.54, 1.807) is 13.1 Å². The Morgan fingerprint density at radius 1 is 1.45 bits per heavy atom. The summed E-state index contributed by atoms with van der Waals surface area (Å²) in [5.74, 6) is 5.01. The average Bonchev–Trinajstić information content (AvgIpc) is 2.47. The van der Waals surface area contributed by atoms with Crippen LogP contribution in [0, 0.1) is 11.8 Å². The van der Waals surface area contributed by atoms with E-state index in [-0.39, 0.29) is 13.0 Å². The molecule has 4 nitrogen and oxygen atoms in total. The normalized spacial score (nSPS) is 11.5. The van der Waals surface area contributed by atoms with Crippen molar-refractivity contribution in [3.63, 3.8) is 0 Å². The summed E-state index contributed by atoms with van der Waals surface area (Å²) in [4.78, 5) is 15.5. The second-order valence-corrected chi connectivity index (χ2v) is 4.19. The molecule has 20 heavy (non-hydrogen) atoms. The number of aliphatic hydroxyl groups excluding tert-OH is 1. The number of hydrogen-bond acceptors (Lipinski definition) is 4. The van der Waals surface area contributed by atoms with Crippen LogP contribution in [0.1, 0.15) is 18.9 Å². The van der Waals surface area contributed by atoms with E-state index < -0.39 is 12.1 Å². The molecule has 102 valence electrons. The summed E-state index contributed by atoms with van der Waals surface area (Å²) >= 11 is 0. The summed E-state index contributed by atoms with van der Waals surface area (Å²) in [5.41, 5.74) is 1.66. The zero-order valence-electron chi connectivity index (χ0n) is 11.2. The number of aliphatic hydroxyl groups is 1. The van der Waals surface area contributed by atoms with Crippen molar-refractivity contribution in [2.24, 2.45) is 0 Å². The maximum Gasteiger partial charge on any atom is 0.335 e. The zero-order chi connectivity index (χ0) is 14.4. The number of benzene rings is 1. The number of para-hydroxylation sites is 1. The van der Waals surface area contributed by atoms with Crippen LogP contribution < -0.4 is 0 Å². The highest BCUT2D eigenvalue weighted by molar-refractivity contribution is 5.79. The Morgan fingerprint density at radius 3 is 3.05 bits per heavy atom. The van der Waals surface area contributed by atoms with Crippen molar-refractivity contribution < 1.29 is 14.6 Å². The highest BCUT2D eigenvalue weighted by atomic mass is 16.5. The van der Waals surface area contributed by atoms with Crippen LogP contribution in [0.25, 0.3) is 10.9 Å². The van der Waals surface area contributed by atoms with Crippen molar-refractivity contribution >= 4 is 16.9 Å². The van der Waals surface area contributed by atoms with Gasteiger partial charge in [-0.2, -0.15) is 0 Å². The number of fused-ring (bicyclic) bond motifs is 1. The van der Waals surface area contributed by atoms with Gasteiger partial charge in [0.15, 0.2) is 6.10 Å². The van der Waals surface area contributed by atoms with Gasteiger partial charge in [0.25, 0.3) is 0 Å². The molecular weight excluding hydrogens is 254 g/mol. The van der Waals surface area contributed by atoms with Crippen molar-refractivity contribution in [2.75, 3.05) is 6.61 Å². The summed E-state index contributed by atoms with van der Waals surface area (Å²) in [6, 6.07) is 9.67. The Morgan fingerprint density at radius 2 is 2.25 bits per heavy atom. The monoisotopic (exact) mass is 269 g/mol. The minimum Gasteiger partial charge on any atom is -0.464 e. The number of carbonyl (C=O) groups excluding carboxylic acids is 1. The second-order valence-electron chi connectivity index (χ2n) is 4.19. The molecule has 0 aliphatic heterocycles. The molecule has 1 unspecified atom stereocenters. The summed E-state index contributed by atoms with van der Waals surface area (Å²) in [5, 5.41) is 10.5. The van der Waals surface area contributed by atoms with Crippen LogP contribution in [0.2, 0.25) is 0 Å². The Kier molecular flexibility index (Phi) is 4.70. The minimum atomic E-state index is -1.20. The maximum atomic E-state index is 11.2. The number of nitrogens with zero attached hydrogens (tertiary/aromatic N) is 1. The molecule has 0 aliphatic carbocycles. The maximum absolute atomic E-state index is 11.2. The lowest BCUT2D eigenvalue weighted by molar-refractivity contribution is -0.152. The third-order valence-electron chi connectivity index (χ3n) is 2.68. The molecule has 1 heterocycles. The largest absolute Gasteiger partial charge is 0.464 e. The summed E-state index contributed by atoms with van der Waals surface area (Å²) in [6.45, 7) is 1.94. The van der Waals surface area contributed by atoms with E-state index in [4.69, 9.17) is 4.74 Å². The molecule has 2 aromatic rings. The Labute approximate surface area is 117 Å². The molecule has 0 saturated carbocycles. The molecule has 0 aliphatic rings. The van der Waals surface area contributed by atoms with Crippen molar-refractivity contribution in [1.29, 1.82) is 0 Å². The van der Waals surface area contributed by atoms with Gasteiger partial charge in [-0.3, -0.25) is 4.98 Å². The van der Waals surface area contributed by atoms with Gasteiger partial charge in [0.2, 0.25) is 0 Å². The van der Waals surface area contributed by atoms with Gasteiger partial charge in [0, 0.05) is 23.6 Å². The first kappa shape index (κ1) is 14.0. The zero-order valence-corrected chi connectivity index (χ0v) is 11.2. The number of ether oxygens (including phenoxy) is 1. The molecule has 0 bridgehead atoms. The second kappa shape index (κ2) is 6.69. The van der Waals surface area contributed by atoms with Gasteiger partial charge in [-0.25, -0.2) is 4.79 Å². The molecule has 2 rings (SSSR count). The van der Waals surface area contributed by atoms with E-state index in [0.29, 0.717) is 0 Å². The Bertz CT molecular complexity index is 670. The highest BCUT2D eigenvalue weighted by Crippen LogP contribution is 2.11. The van der Waals surface area contributed by atoms with Gasteiger partial charge in [-0.1, -0.05) is 30.0 Å². The summed E-state index contributed by atoms with van der Waals surface area (Å²) in [6.07, 6.45) is 0.522. The molecule has 0 saturated heterocycles. The van der Waals surface area contributed by atoms with E-state index in [2.05, 4.69) is 16.8 Å². The van der Waals surface area contributed by atoms with Crippen molar-refractivity contribution in [1.82, 2.24) is 4.98 Å². The topological polar surface area (TPSA) is 59.4 Å². The first-order chi connectivity index (χ1) is 9.70. The summed E-state index contributed by atoms with van der Waals surface area (Å²) in [7, 11) is 0. The predicted octanol–water partition coefficient (Wildman–Crippen LogP) is 1.90. The predicted molar refractivity (Wildman–Crippen MR) is 75.9 cm³/mol. The van der Waals surface area contributed by atoms with Crippen LogP contribution in [0.3, 0.4) is 0 Å². The van der Waals surface area contributed by atoms with Crippen LogP contribution in [-0.4, -0.2) is 28.8 Å². The van der Waals surface area contributed by atoms with E-state index in [0.717, 1.165) is 16.5 Å². The quantitative estimate of drug-likeness (QED) is 0.683. The highest BCUT2D eigenvalue weighted by Gasteiger charge is 2.13. The SMILES string of the molecule is CCOC(=O)C(O)CC#Cc1cnc2ccccc2c1. The van der Waals surface area contributed by atoms with Gasteiger partial charge < -0.3 is 9.84 Å². The molecule has 1 N–H and O–H groups in total. The van der Waals surface area contributed by atoms with Gasteiger partial charge in [0.1, 0.15) is 0 Å². The molecular formula is C16H15NO3. The molecule has 0 spiro atoms. The van der Waals surface area contributed by atoms with Gasteiger partial charge in [0.05, 0.1) is 12.1 Å². The van der Waals surface area contributed by atoms with E-state index in [1.165, 1.54) is 0 Å². The summed E-state index contributed by atoms with van der Waals surface area (Å²) < 4.78 is 4.70. The molecule has 1 atom stereocenters. The fourth-order valence-electron chi connectivity index (χ4n) is 1.71. The first-order valence-corrected chi connectivity index (χ1v) is 6.39. The number of carbonyl (C=O) groups is 1. The number of hydrogen-bond donors (Lipinski definition) is 1.